The van der Waals surface area contributed by atoms with Gasteiger partial charge in [0.15, 0.2) is 5.82 Å². The zero-order valence-corrected chi connectivity index (χ0v) is 52.4. The number of nitrogens with one attached hydrogen (secondary N) is 2. The van der Waals surface area contributed by atoms with Crippen molar-refractivity contribution < 1.29 is 264 Å². The number of carboxylic acids is 1. The molecule has 3 saturated carbocycles. The number of unbranched alkanes of at least 4 members (excludes halogenated alkanes) is 1. The average Bonchev–Trinajstić information content (AvgIpc) is 3.52. The Kier molecular flexibility index (Phi) is 32.2. The molecule has 3 aliphatic carbocycles. The molecule has 21 nitrogen and oxygen atoms in total. The van der Waals surface area contributed by atoms with Crippen LogP contribution in [0.15, 0.2) is 16.4 Å². The average molecular weight is 1090 g/mol. The molecule has 1 heterocycles. The summed E-state index contributed by atoms with van der Waals surface area (Å²) < 4.78 is 105. The first-order valence-electron chi connectivity index (χ1n) is 19.0. The quantitative estimate of drug-likeness (QED) is 0.0453. The van der Waals surface area contributed by atoms with Crippen LogP contribution in [0.4, 0.5) is 5.82 Å². The van der Waals surface area contributed by atoms with Crippen LogP contribution in [-0.4, -0.2) is 136 Å². The first-order chi connectivity index (χ1) is 27.5. The Balaban J connectivity index is 0.00000961. The second-order valence-corrected chi connectivity index (χ2v) is 21.3. The van der Waals surface area contributed by atoms with Gasteiger partial charge in [0.25, 0.3) is 0 Å². The van der Waals surface area contributed by atoms with Crippen LogP contribution in [0, 0.1) is 17.2 Å². The molecule has 0 aliphatic heterocycles. The third-order valence-corrected chi connectivity index (χ3v) is 15.1. The number of nitriles is 1. The molecule has 7 unspecified atom stereocenters. The summed E-state index contributed by atoms with van der Waals surface area (Å²) in [6.07, 6.45) is 1.64. The summed E-state index contributed by atoms with van der Waals surface area (Å²) >= 11 is 13.7. The van der Waals surface area contributed by atoms with E-state index in [4.69, 9.17) is 23.2 Å². The minimum absolute atomic E-state index is 0. The Morgan fingerprint density at radius 3 is 1.95 bits per heavy atom. The van der Waals surface area contributed by atoms with E-state index >= 15 is 0 Å². The molecule has 2 amide bonds. The largest absolute Gasteiger partial charge is 1.00 e. The van der Waals surface area contributed by atoms with Crippen molar-refractivity contribution in [2.45, 2.75) is 135 Å². The summed E-state index contributed by atoms with van der Waals surface area (Å²) in [7, 11) is -14.3. The number of azo groups is 1. The second-order valence-electron chi connectivity index (χ2n) is 15.3. The van der Waals surface area contributed by atoms with Crippen LogP contribution in [0.5, 0.6) is 0 Å². The molecule has 7 atom stereocenters. The Morgan fingerprint density at radius 2 is 1.44 bits per heavy atom. The molecule has 4 rings (SSSR count). The van der Waals surface area contributed by atoms with Crippen LogP contribution >= 0.6 is 23.2 Å². The monoisotopic (exact) mass is 1080 g/mol. The summed E-state index contributed by atoms with van der Waals surface area (Å²) in [6.45, 7) is 2.05. The summed E-state index contributed by atoms with van der Waals surface area (Å²) in [5, 5.41) is 34.6. The summed E-state index contributed by atoms with van der Waals surface area (Å²) in [6, 6.07) is -1.25. The molecule has 30 heteroatoms. The molecule has 2 N–H and O–H groups in total. The minimum Gasteiger partial charge on any atom is -0.748 e. The van der Waals surface area contributed by atoms with Gasteiger partial charge < -0.3 is 39.1 Å². The van der Waals surface area contributed by atoms with Gasteiger partial charge in [-0.3, -0.25) is 9.59 Å². The van der Waals surface area contributed by atoms with Crippen molar-refractivity contribution in [3.05, 3.63) is 11.8 Å². The summed E-state index contributed by atoms with van der Waals surface area (Å²) in [5.41, 5.74) is 0.0216. The van der Waals surface area contributed by atoms with E-state index in [0.29, 0.717) is 38.8 Å². The molecule has 0 aromatic carbocycles. The Hall–Kier alpha value is 3.53. The fourth-order valence-electron chi connectivity index (χ4n) is 8.19. The molecular weight excluding hydrogens is 1040 g/mol. The Morgan fingerprint density at radius 1 is 0.873 bits per heavy atom. The van der Waals surface area contributed by atoms with E-state index in [0.717, 1.165) is 0 Å². The smallest absolute Gasteiger partial charge is 0.748 e. The maximum atomic E-state index is 13.4. The van der Waals surface area contributed by atoms with Crippen LogP contribution in [0.3, 0.4) is 0 Å². The van der Waals surface area contributed by atoms with Gasteiger partial charge in [-0.05, 0) is 90.1 Å². The maximum Gasteiger partial charge on any atom is 1.00 e. The molecule has 0 bridgehead atoms. The van der Waals surface area contributed by atoms with E-state index in [-0.39, 0.29) is 274 Å². The first-order valence-corrected chi connectivity index (χ1v) is 24.4. The van der Waals surface area contributed by atoms with Crippen LogP contribution in [0.1, 0.15) is 95.6 Å². The zero-order chi connectivity index (χ0) is 43.9. The molecule has 0 saturated heterocycles. The fraction of sp³-hybridized carbons (Fsp3) is 0.788. The molecule has 3 aliphatic rings. The van der Waals surface area contributed by atoms with Crippen LogP contribution in [0.2, 0.25) is 0 Å². The van der Waals surface area contributed by atoms with E-state index < -0.39 is 106 Å². The maximum absolute atomic E-state index is 13.4. The Labute approximate surface area is 548 Å². The van der Waals surface area contributed by atoms with E-state index in [9.17, 15) is 63.7 Å². The topological polar surface area (TPSA) is 340 Å². The molecule has 0 radical (unpaired) electrons. The second kappa shape index (κ2) is 30.5. The summed E-state index contributed by atoms with van der Waals surface area (Å²) in [5.74, 6) is -3.59. The van der Waals surface area contributed by atoms with Gasteiger partial charge in [-0.1, -0.05) is 0 Å². The van der Waals surface area contributed by atoms with Gasteiger partial charge in [0.2, 0.25) is 11.8 Å². The number of carbonyl (C=O) groups is 3. The molecule has 1 aromatic rings. The zero-order valence-electron chi connectivity index (χ0n) is 35.9. The van der Waals surface area contributed by atoms with Crippen molar-refractivity contribution in [1.29, 1.82) is 5.26 Å². The SMILES string of the molecule is CC(=O)NC1CC(N(CCCCS(=O)(=O)[O-])CCCC(=O)[O-])CCC1N=Nc1c(C#N)cnn1C1C(Cl)CC(C(=O)NC2CC(S(=O)(=O)[O-])CC(S(=O)(=O)[O-])C2)CC1Cl.[K+].[K+].[K+].[K+]. The number of nitrogens with zero attached hydrogens (tertiary/aromatic N) is 6. The summed E-state index contributed by atoms with van der Waals surface area (Å²) in [4.78, 5) is 38.8. The number of rotatable bonds is 18. The van der Waals surface area contributed by atoms with Crippen LogP contribution in [0.25, 0.3) is 0 Å². The predicted molar refractivity (Wildman–Crippen MR) is 204 cm³/mol. The minimum atomic E-state index is -4.97. The molecule has 3 fully saturated rings. The number of carbonyl (C=O) groups excluding carboxylic acids is 3. The predicted octanol–water partition coefficient (Wildman–Crippen LogP) is -11.9. The molecule has 0 spiro atoms. The third kappa shape index (κ3) is 21.6. The number of carboxylic acid groups (broad SMARTS) is 1. The molecule has 63 heavy (non-hydrogen) atoms. The van der Waals surface area contributed by atoms with Gasteiger partial charge >= 0.3 is 206 Å². The van der Waals surface area contributed by atoms with Crippen molar-refractivity contribution in [1.82, 2.24) is 25.3 Å². The number of hydrogen-bond acceptors (Lipinski definition) is 18. The Bertz CT molecular complexity index is 2050. The van der Waals surface area contributed by atoms with Crippen LogP contribution < -0.4 is 221 Å². The van der Waals surface area contributed by atoms with E-state index in [1.54, 1.807) is 0 Å². The van der Waals surface area contributed by atoms with Crippen molar-refractivity contribution in [2.24, 2.45) is 16.1 Å². The van der Waals surface area contributed by atoms with Crippen molar-refractivity contribution in [3.8, 4) is 6.07 Å². The number of amides is 2. The number of halogens is 2. The molecule has 1 aromatic heterocycles. The van der Waals surface area contributed by atoms with Gasteiger partial charge in [-0.2, -0.15) is 15.5 Å². The van der Waals surface area contributed by atoms with Gasteiger partial charge in [0, 0.05) is 36.6 Å². The van der Waals surface area contributed by atoms with Gasteiger partial charge in [-0.25, -0.2) is 29.9 Å². The van der Waals surface area contributed by atoms with Crippen molar-refractivity contribution >= 4 is 77.2 Å². The molecular formula is C33H46Cl2K4N8O13S3. The number of aliphatic carboxylic acids is 1. The van der Waals surface area contributed by atoms with E-state index in [1.807, 2.05) is 11.0 Å². The number of aromatic nitrogens is 2. The van der Waals surface area contributed by atoms with Gasteiger partial charge in [-0.15, -0.1) is 28.3 Å². The fourth-order valence-corrected chi connectivity index (χ4v) is 11.8. The van der Waals surface area contributed by atoms with Crippen molar-refractivity contribution in [2.75, 3.05) is 18.8 Å². The van der Waals surface area contributed by atoms with E-state index in [1.165, 1.54) is 17.8 Å². The normalized spacial score (nSPS) is 27.7. The first kappa shape index (κ1) is 66.5. The number of alkyl halides is 2. The third-order valence-electron chi connectivity index (χ3n) is 11.0. The standard InChI is InChI=1S/C33H50Cl2N8O13S3.4K/c1-19(44)38-29-15-23(42(9-4-5-30(45)46)8-2-3-10-57(48,49)50)6-7-28(29)40-41-32-21(17-36)18-37-43(32)31-26(34)11-20(12-27(31)35)33(47)39-22-13-24(58(51,52)53)16-25(14-22)59(54,55)56;;;;/h18,20,22-29,31H,2-16H2,1H3,(H,38,44)(H,39,47)(H,45,46)(H,48,49,50)(H,51,52,53)(H,54,55,56);;;;/q;4*+1/p-4. The van der Waals surface area contributed by atoms with Gasteiger partial charge in [0.05, 0.1) is 75.9 Å². The van der Waals surface area contributed by atoms with E-state index in [2.05, 4.69) is 26.0 Å². The van der Waals surface area contributed by atoms with Crippen LogP contribution in [-0.2, 0) is 44.7 Å². The van der Waals surface area contributed by atoms with Crippen molar-refractivity contribution in [3.63, 3.8) is 0 Å². The number of hydrogen-bond donors (Lipinski definition) is 2. The van der Waals surface area contributed by atoms with Gasteiger partial charge in [0.1, 0.15) is 11.6 Å². The molecule has 332 valence electrons.